The van der Waals surface area contributed by atoms with Gasteiger partial charge in [-0.15, -0.1) is 0 Å². The van der Waals surface area contributed by atoms with Gasteiger partial charge < -0.3 is 0 Å². The van der Waals surface area contributed by atoms with E-state index in [0.29, 0.717) is 10.0 Å². The standard InChI is InChI=1S/C14H8BrFN2O/c15-10-3-4-13(16)11(6-10)14(19)12(7-17)9-2-1-5-18-8-9/h1-6,8,12H. The molecule has 1 aromatic heterocycles. The molecule has 0 aliphatic carbocycles. The molecule has 2 aromatic rings. The van der Waals surface area contributed by atoms with Crippen molar-refractivity contribution >= 4 is 21.7 Å². The lowest BCUT2D eigenvalue weighted by Crippen LogP contribution is -2.13. The van der Waals surface area contributed by atoms with Crippen molar-refractivity contribution in [1.82, 2.24) is 4.98 Å². The van der Waals surface area contributed by atoms with Gasteiger partial charge in [0.15, 0.2) is 5.78 Å². The Morgan fingerprint density at radius 3 is 2.84 bits per heavy atom. The van der Waals surface area contributed by atoms with Crippen molar-refractivity contribution in [2.75, 3.05) is 0 Å². The number of ketones is 1. The fourth-order valence-electron chi connectivity index (χ4n) is 1.67. The van der Waals surface area contributed by atoms with Crippen molar-refractivity contribution in [2.45, 2.75) is 5.92 Å². The Bertz CT molecular complexity index is 652. The summed E-state index contributed by atoms with van der Waals surface area (Å²) in [5.74, 6) is -2.27. The van der Waals surface area contributed by atoms with Gasteiger partial charge in [0.2, 0.25) is 0 Å². The minimum atomic E-state index is -1.06. The van der Waals surface area contributed by atoms with Crippen LogP contribution in [0.1, 0.15) is 21.8 Å². The van der Waals surface area contributed by atoms with Gasteiger partial charge in [-0.3, -0.25) is 9.78 Å². The smallest absolute Gasteiger partial charge is 0.187 e. The number of pyridine rings is 1. The Kier molecular flexibility index (Phi) is 4.03. The molecule has 0 saturated heterocycles. The number of nitrogens with zero attached hydrogens (tertiary/aromatic N) is 2. The molecule has 1 heterocycles. The maximum Gasteiger partial charge on any atom is 0.187 e. The summed E-state index contributed by atoms with van der Waals surface area (Å²) in [4.78, 5) is 16.1. The molecule has 0 aliphatic rings. The minimum absolute atomic E-state index is 0.107. The van der Waals surface area contributed by atoms with E-state index in [2.05, 4.69) is 20.9 Å². The van der Waals surface area contributed by atoms with Crippen LogP contribution in [0, 0.1) is 17.1 Å². The molecule has 0 amide bonds. The molecule has 0 spiro atoms. The van der Waals surface area contributed by atoms with Crippen molar-refractivity contribution < 1.29 is 9.18 Å². The molecular formula is C14H8BrFN2O. The first kappa shape index (κ1) is 13.4. The summed E-state index contributed by atoms with van der Waals surface area (Å²) < 4.78 is 14.2. The van der Waals surface area contributed by atoms with E-state index >= 15 is 0 Å². The molecule has 3 nitrogen and oxygen atoms in total. The highest BCUT2D eigenvalue weighted by molar-refractivity contribution is 9.10. The van der Waals surface area contributed by atoms with Crippen LogP contribution in [0.25, 0.3) is 0 Å². The zero-order valence-corrected chi connectivity index (χ0v) is 11.3. The average molecular weight is 319 g/mol. The molecule has 94 valence electrons. The number of hydrogen-bond donors (Lipinski definition) is 0. The summed E-state index contributed by atoms with van der Waals surface area (Å²) in [6, 6.07) is 9.20. The van der Waals surface area contributed by atoms with Crippen LogP contribution in [-0.2, 0) is 0 Å². The zero-order valence-electron chi connectivity index (χ0n) is 9.68. The van der Waals surface area contributed by atoms with Crippen molar-refractivity contribution in [2.24, 2.45) is 0 Å². The number of rotatable bonds is 3. The summed E-state index contributed by atoms with van der Waals surface area (Å²) in [7, 11) is 0. The highest BCUT2D eigenvalue weighted by Crippen LogP contribution is 2.23. The number of carbonyl (C=O) groups is 1. The summed E-state index contributed by atoms with van der Waals surface area (Å²) in [5, 5.41) is 9.14. The maximum atomic E-state index is 13.7. The molecule has 2 rings (SSSR count). The predicted octanol–water partition coefficient (Wildman–Crippen LogP) is 3.47. The van der Waals surface area contributed by atoms with Crippen LogP contribution in [0.3, 0.4) is 0 Å². The lowest BCUT2D eigenvalue weighted by molar-refractivity contribution is 0.0975. The van der Waals surface area contributed by atoms with Crippen molar-refractivity contribution in [3.8, 4) is 6.07 Å². The van der Waals surface area contributed by atoms with Crippen molar-refractivity contribution in [1.29, 1.82) is 5.26 Å². The molecule has 1 unspecified atom stereocenters. The lowest BCUT2D eigenvalue weighted by Gasteiger charge is -2.09. The quantitative estimate of drug-likeness (QED) is 0.814. The van der Waals surface area contributed by atoms with Crippen molar-refractivity contribution in [3.63, 3.8) is 0 Å². The highest BCUT2D eigenvalue weighted by Gasteiger charge is 2.24. The van der Waals surface area contributed by atoms with E-state index in [1.165, 1.54) is 24.4 Å². The van der Waals surface area contributed by atoms with Crippen molar-refractivity contribution in [3.05, 3.63) is 64.1 Å². The van der Waals surface area contributed by atoms with Gasteiger partial charge in [-0.25, -0.2) is 4.39 Å². The molecular weight excluding hydrogens is 311 g/mol. The van der Waals surface area contributed by atoms with Gasteiger partial charge in [0.1, 0.15) is 11.7 Å². The average Bonchev–Trinajstić information content (AvgIpc) is 2.43. The molecule has 0 radical (unpaired) electrons. The largest absolute Gasteiger partial charge is 0.292 e. The molecule has 1 atom stereocenters. The summed E-state index contributed by atoms with van der Waals surface area (Å²) in [5.41, 5.74) is 0.346. The molecule has 5 heteroatoms. The minimum Gasteiger partial charge on any atom is -0.292 e. The first-order valence-electron chi connectivity index (χ1n) is 5.42. The number of Topliss-reactive ketones (excluding diaryl/α,β-unsaturated/α-hetero) is 1. The maximum absolute atomic E-state index is 13.7. The molecule has 0 aliphatic heterocycles. The molecule has 0 bridgehead atoms. The summed E-state index contributed by atoms with van der Waals surface area (Å²) >= 11 is 3.18. The number of aromatic nitrogens is 1. The first-order valence-corrected chi connectivity index (χ1v) is 6.21. The Labute approximate surface area is 117 Å². The van der Waals surface area contributed by atoms with Crippen LogP contribution in [0.4, 0.5) is 4.39 Å². The normalized spacial score (nSPS) is 11.6. The van der Waals surface area contributed by atoms with E-state index in [0.717, 1.165) is 0 Å². The molecule has 0 saturated carbocycles. The molecule has 0 fully saturated rings. The van der Waals surface area contributed by atoms with Crippen LogP contribution >= 0.6 is 15.9 Å². The van der Waals surface area contributed by atoms with Crippen LogP contribution < -0.4 is 0 Å². The SMILES string of the molecule is N#CC(C(=O)c1cc(Br)ccc1F)c1cccnc1. The van der Waals surface area contributed by atoms with Gasteiger partial charge in [-0.2, -0.15) is 5.26 Å². The number of hydrogen-bond acceptors (Lipinski definition) is 3. The van der Waals surface area contributed by atoms with Gasteiger partial charge in [0.05, 0.1) is 11.6 Å². The first-order chi connectivity index (χ1) is 9.13. The van der Waals surface area contributed by atoms with E-state index in [4.69, 9.17) is 5.26 Å². The van der Waals surface area contributed by atoms with E-state index in [-0.39, 0.29) is 5.56 Å². The topological polar surface area (TPSA) is 53.8 Å². The third kappa shape index (κ3) is 2.85. The predicted molar refractivity (Wildman–Crippen MR) is 71.0 cm³/mol. The fraction of sp³-hybridized carbons (Fsp3) is 0.0714. The lowest BCUT2D eigenvalue weighted by atomic mass is 9.93. The van der Waals surface area contributed by atoms with Gasteiger partial charge in [0.25, 0.3) is 0 Å². The Hall–Kier alpha value is -2.06. The van der Waals surface area contributed by atoms with E-state index in [9.17, 15) is 9.18 Å². The Morgan fingerprint density at radius 2 is 2.21 bits per heavy atom. The molecule has 1 aromatic carbocycles. The van der Waals surface area contributed by atoms with Gasteiger partial charge >= 0.3 is 0 Å². The second-order valence-electron chi connectivity index (χ2n) is 3.84. The van der Waals surface area contributed by atoms with Crippen LogP contribution in [0.5, 0.6) is 0 Å². The monoisotopic (exact) mass is 318 g/mol. The van der Waals surface area contributed by atoms with Crippen LogP contribution in [0.15, 0.2) is 47.2 Å². The summed E-state index contributed by atoms with van der Waals surface area (Å²) in [6.07, 6.45) is 2.98. The van der Waals surface area contributed by atoms with E-state index in [1.807, 2.05) is 6.07 Å². The second kappa shape index (κ2) is 5.72. The third-order valence-corrected chi connectivity index (χ3v) is 3.10. The second-order valence-corrected chi connectivity index (χ2v) is 4.75. The summed E-state index contributed by atoms with van der Waals surface area (Å²) in [6.45, 7) is 0. The van der Waals surface area contributed by atoms with Crippen LogP contribution in [-0.4, -0.2) is 10.8 Å². The van der Waals surface area contributed by atoms with Crippen LogP contribution in [0.2, 0.25) is 0 Å². The fourth-order valence-corrected chi connectivity index (χ4v) is 2.03. The molecule has 19 heavy (non-hydrogen) atoms. The van der Waals surface area contributed by atoms with Gasteiger partial charge in [-0.05, 0) is 29.8 Å². The number of nitriles is 1. The Morgan fingerprint density at radius 1 is 1.42 bits per heavy atom. The van der Waals surface area contributed by atoms with E-state index in [1.54, 1.807) is 18.3 Å². The number of carbonyl (C=O) groups excluding carboxylic acids is 1. The highest BCUT2D eigenvalue weighted by atomic mass is 79.9. The third-order valence-electron chi connectivity index (χ3n) is 2.60. The number of halogens is 2. The Balaban J connectivity index is 2.43. The van der Waals surface area contributed by atoms with Gasteiger partial charge in [0, 0.05) is 16.9 Å². The zero-order chi connectivity index (χ0) is 13.8. The molecule has 0 N–H and O–H groups in total. The number of benzene rings is 1. The van der Waals surface area contributed by atoms with E-state index < -0.39 is 17.5 Å². The van der Waals surface area contributed by atoms with Gasteiger partial charge in [-0.1, -0.05) is 22.0 Å².